The summed E-state index contributed by atoms with van der Waals surface area (Å²) in [6, 6.07) is 7.67. The highest BCUT2D eigenvalue weighted by Gasteiger charge is 2.33. The van der Waals surface area contributed by atoms with Crippen molar-refractivity contribution in [2.45, 2.75) is 26.1 Å². The molecule has 0 aliphatic heterocycles. The molecule has 0 saturated carbocycles. The summed E-state index contributed by atoms with van der Waals surface area (Å²) in [6.07, 6.45) is -4.22. The Balaban J connectivity index is 0.00000450. The molecular formula is C20H24F4IN3O2. The first-order valence-electron chi connectivity index (χ1n) is 8.99. The lowest BCUT2D eigenvalue weighted by Crippen LogP contribution is -2.38. The molecule has 2 aromatic rings. The lowest BCUT2D eigenvalue weighted by molar-refractivity contribution is -0.138. The Morgan fingerprint density at radius 2 is 1.87 bits per heavy atom. The van der Waals surface area contributed by atoms with Crippen LogP contribution in [0.4, 0.5) is 17.6 Å². The first-order chi connectivity index (χ1) is 13.8. The number of methoxy groups -OCH3 is 1. The molecule has 0 atom stereocenters. The molecule has 0 amide bonds. The van der Waals surface area contributed by atoms with E-state index in [4.69, 9.17) is 4.74 Å². The van der Waals surface area contributed by atoms with E-state index in [1.165, 1.54) is 7.11 Å². The molecule has 10 heteroatoms. The van der Waals surface area contributed by atoms with Gasteiger partial charge in [-0.1, -0.05) is 18.2 Å². The second kappa shape index (κ2) is 11.8. The van der Waals surface area contributed by atoms with Crippen LogP contribution in [0.2, 0.25) is 0 Å². The van der Waals surface area contributed by atoms with Gasteiger partial charge in [0.2, 0.25) is 0 Å². The van der Waals surface area contributed by atoms with Gasteiger partial charge in [0, 0.05) is 13.1 Å². The average molecular weight is 541 g/mol. The zero-order chi connectivity index (χ0) is 21.4. The minimum Gasteiger partial charge on any atom is -0.504 e. The standard InChI is InChI=1S/C20H23F4N3O2.HI/c1-3-25-19(26-10-9-13-5-4-6-17(29-2)18(13)28)27-12-14-7-8-15(21)11-16(14)20(22,23)24;/h4-8,11,28H,3,9-10,12H2,1-2H3,(H2,25,26,27);1H. The fourth-order valence-corrected chi connectivity index (χ4v) is 2.71. The smallest absolute Gasteiger partial charge is 0.416 e. The highest BCUT2D eigenvalue weighted by molar-refractivity contribution is 14.0. The van der Waals surface area contributed by atoms with Crippen molar-refractivity contribution in [3.8, 4) is 11.5 Å². The third-order valence-electron chi connectivity index (χ3n) is 4.12. The highest BCUT2D eigenvalue weighted by atomic mass is 127. The van der Waals surface area contributed by atoms with Crippen LogP contribution in [0.25, 0.3) is 0 Å². The lowest BCUT2D eigenvalue weighted by atomic mass is 10.1. The molecule has 0 radical (unpaired) electrons. The molecule has 3 N–H and O–H groups in total. The number of para-hydroxylation sites is 1. The summed E-state index contributed by atoms with van der Waals surface area (Å²) in [7, 11) is 1.46. The second-order valence-electron chi connectivity index (χ2n) is 6.14. The van der Waals surface area contributed by atoms with Gasteiger partial charge in [0.1, 0.15) is 5.82 Å². The molecule has 0 aliphatic carbocycles. The molecule has 2 aromatic carbocycles. The van der Waals surface area contributed by atoms with Crippen molar-refractivity contribution in [1.82, 2.24) is 10.6 Å². The van der Waals surface area contributed by atoms with E-state index >= 15 is 0 Å². The van der Waals surface area contributed by atoms with Gasteiger partial charge in [-0.15, -0.1) is 24.0 Å². The Morgan fingerprint density at radius 3 is 2.50 bits per heavy atom. The van der Waals surface area contributed by atoms with Crippen LogP contribution in [0.1, 0.15) is 23.6 Å². The van der Waals surface area contributed by atoms with E-state index < -0.39 is 17.6 Å². The van der Waals surface area contributed by atoms with E-state index in [9.17, 15) is 22.7 Å². The minimum absolute atomic E-state index is 0. The molecule has 0 spiro atoms. The quantitative estimate of drug-likeness (QED) is 0.210. The molecule has 0 unspecified atom stereocenters. The first-order valence-corrected chi connectivity index (χ1v) is 8.99. The normalized spacial score (nSPS) is 11.6. The van der Waals surface area contributed by atoms with Crippen LogP contribution in [0.3, 0.4) is 0 Å². The van der Waals surface area contributed by atoms with Crippen molar-refractivity contribution in [3.63, 3.8) is 0 Å². The number of aromatic hydroxyl groups is 1. The van der Waals surface area contributed by atoms with Gasteiger partial charge >= 0.3 is 6.18 Å². The van der Waals surface area contributed by atoms with Crippen LogP contribution in [0.5, 0.6) is 11.5 Å². The molecule has 5 nitrogen and oxygen atoms in total. The van der Waals surface area contributed by atoms with Crippen molar-refractivity contribution in [2.75, 3.05) is 20.2 Å². The molecule has 0 aliphatic rings. The Morgan fingerprint density at radius 1 is 1.13 bits per heavy atom. The number of phenols is 1. The number of nitrogens with zero attached hydrogens (tertiary/aromatic N) is 1. The van der Waals surface area contributed by atoms with Crippen molar-refractivity contribution >= 4 is 29.9 Å². The van der Waals surface area contributed by atoms with Crippen LogP contribution in [-0.2, 0) is 19.1 Å². The lowest BCUT2D eigenvalue weighted by Gasteiger charge is -2.14. The predicted octanol–water partition coefficient (Wildman–Crippen LogP) is 4.47. The zero-order valence-electron chi connectivity index (χ0n) is 16.5. The monoisotopic (exact) mass is 541 g/mol. The fourth-order valence-electron chi connectivity index (χ4n) is 2.71. The zero-order valence-corrected chi connectivity index (χ0v) is 18.8. The second-order valence-corrected chi connectivity index (χ2v) is 6.14. The summed E-state index contributed by atoms with van der Waals surface area (Å²) in [5.41, 5.74) is -0.509. The Labute approximate surface area is 189 Å². The number of alkyl halides is 3. The number of halogens is 5. The number of hydrogen-bond acceptors (Lipinski definition) is 3. The summed E-state index contributed by atoms with van der Waals surface area (Å²) >= 11 is 0. The van der Waals surface area contributed by atoms with Crippen molar-refractivity contribution in [2.24, 2.45) is 4.99 Å². The Hall–Kier alpha value is -2.24. The summed E-state index contributed by atoms with van der Waals surface area (Å²) in [4.78, 5) is 4.16. The molecule has 2 rings (SSSR count). The number of rotatable bonds is 7. The molecule has 0 bridgehead atoms. The van der Waals surface area contributed by atoms with Crippen LogP contribution in [-0.4, -0.2) is 31.3 Å². The van der Waals surface area contributed by atoms with E-state index in [1.807, 2.05) is 6.92 Å². The van der Waals surface area contributed by atoms with Gasteiger partial charge in [-0.25, -0.2) is 9.38 Å². The molecule has 30 heavy (non-hydrogen) atoms. The van der Waals surface area contributed by atoms with Crippen LogP contribution in [0.15, 0.2) is 41.4 Å². The SMILES string of the molecule is CCNC(=NCc1ccc(F)cc1C(F)(F)F)NCCc1cccc(OC)c1O.I. The number of guanidine groups is 1. The number of hydrogen-bond donors (Lipinski definition) is 3. The first kappa shape index (κ1) is 25.8. The van der Waals surface area contributed by atoms with Crippen LogP contribution >= 0.6 is 24.0 Å². The Bertz CT molecular complexity index is 860. The third kappa shape index (κ3) is 7.22. The van der Waals surface area contributed by atoms with E-state index in [0.29, 0.717) is 42.8 Å². The topological polar surface area (TPSA) is 65.9 Å². The molecule has 166 valence electrons. The largest absolute Gasteiger partial charge is 0.504 e. The van der Waals surface area contributed by atoms with Gasteiger partial charge < -0.3 is 20.5 Å². The van der Waals surface area contributed by atoms with E-state index in [2.05, 4.69) is 15.6 Å². The van der Waals surface area contributed by atoms with E-state index in [-0.39, 0.29) is 41.8 Å². The molecule has 0 fully saturated rings. The molecular weight excluding hydrogens is 517 g/mol. The molecule has 0 heterocycles. The number of nitrogens with one attached hydrogen (secondary N) is 2. The van der Waals surface area contributed by atoms with Crippen LogP contribution in [0, 0.1) is 5.82 Å². The number of aliphatic imine (C=N–C) groups is 1. The third-order valence-corrected chi connectivity index (χ3v) is 4.12. The van der Waals surface area contributed by atoms with Crippen molar-refractivity contribution in [1.29, 1.82) is 0 Å². The van der Waals surface area contributed by atoms with E-state index in [0.717, 1.165) is 12.1 Å². The highest BCUT2D eigenvalue weighted by Crippen LogP contribution is 2.33. The van der Waals surface area contributed by atoms with Crippen LogP contribution < -0.4 is 15.4 Å². The van der Waals surface area contributed by atoms with Gasteiger partial charge in [-0.05, 0) is 42.7 Å². The number of benzene rings is 2. The maximum absolute atomic E-state index is 13.2. The summed E-state index contributed by atoms with van der Waals surface area (Å²) in [5.74, 6) is -0.237. The molecule has 0 saturated heterocycles. The van der Waals surface area contributed by atoms with Gasteiger partial charge in [0.05, 0.1) is 19.2 Å². The molecule has 0 aromatic heterocycles. The van der Waals surface area contributed by atoms with Crippen molar-refractivity contribution in [3.05, 3.63) is 58.9 Å². The summed E-state index contributed by atoms with van der Waals surface area (Å²) < 4.78 is 57.6. The summed E-state index contributed by atoms with van der Waals surface area (Å²) in [6.45, 7) is 2.44. The summed E-state index contributed by atoms with van der Waals surface area (Å²) in [5, 5.41) is 16.1. The van der Waals surface area contributed by atoms with Gasteiger partial charge in [-0.3, -0.25) is 0 Å². The van der Waals surface area contributed by atoms with Crippen molar-refractivity contribution < 1.29 is 27.4 Å². The average Bonchev–Trinajstić information content (AvgIpc) is 2.67. The number of phenolic OH excluding ortho intramolecular Hbond substituents is 1. The minimum atomic E-state index is -4.66. The maximum Gasteiger partial charge on any atom is 0.416 e. The number of ether oxygens (including phenoxy) is 1. The van der Waals surface area contributed by atoms with Gasteiger partial charge in [0.15, 0.2) is 17.5 Å². The maximum atomic E-state index is 13.2. The predicted molar refractivity (Wildman–Crippen MR) is 118 cm³/mol. The van der Waals surface area contributed by atoms with Gasteiger partial charge in [0.25, 0.3) is 0 Å². The Kier molecular flexibility index (Phi) is 10.2. The fraction of sp³-hybridized carbons (Fsp3) is 0.350. The van der Waals surface area contributed by atoms with Gasteiger partial charge in [-0.2, -0.15) is 13.2 Å². The van der Waals surface area contributed by atoms with E-state index in [1.54, 1.807) is 18.2 Å².